The number of carboxylic acid groups (broad SMARTS) is 1. The van der Waals surface area contributed by atoms with Gasteiger partial charge in [0.25, 0.3) is 0 Å². The van der Waals surface area contributed by atoms with Gasteiger partial charge in [-0.05, 0) is 123 Å². The average Bonchev–Trinajstić information content (AvgIpc) is 3.20. The molecule has 1 saturated heterocycles. The zero-order valence-corrected chi connectivity index (χ0v) is 22.7. The van der Waals surface area contributed by atoms with Gasteiger partial charge in [-0.3, -0.25) is 4.79 Å². The first-order valence-electron chi connectivity index (χ1n) is 14.9. The van der Waals surface area contributed by atoms with Crippen LogP contribution in [0.15, 0.2) is 0 Å². The van der Waals surface area contributed by atoms with Crippen molar-refractivity contribution in [1.82, 2.24) is 4.90 Å². The first kappa shape index (κ1) is 26.5. The molecule has 5 fully saturated rings. The number of likely N-dealkylation sites (tertiary alicyclic amines) is 1. The minimum absolute atomic E-state index is 0.0125. The van der Waals surface area contributed by atoms with Gasteiger partial charge in [-0.15, -0.1) is 0 Å². The van der Waals surface area contributed by atoms with Gasteiger partial charge in [-0.25, -0.2) is 4.79 Å². The number of hydrogen-bond acceptors (Lipinski definition) is 4. The topological polar surface area (TPSA) is 98.1 Å². The van der Waals surface area contributed by atoms with E-state index in [1.807, 2.05) is 0 Å². The number of aliphatic hydroxyl groups excluding tert-OH is 2. The molecule has 0 aromatic carbocycles. The minimum atomic E-state index is -0.867. The number of carbonyl (C=O) groups excluding carboxylic acids is 1. The number of piperidine rings is 1. The molecular weight excluding hydrogens is 454 g/mol. The number of rotatable bonds is 5. The van der Waals surface area contributed by atoms with Gasteiger partial charge >= 0.3 is 5.97 Å². The Labute approximate surface area is 217 Å². The third kappa shape index (κ3) is 4.32. The number of nitrogens with zero attached hydrogens (tertiary/aromatic N) is 1. The summed E-state index contributed by atoms with van der Waals surface area (Å²) in [7, 11) is 0. The lowest BCUT2D eigenvalue weighted by atomic mass is 9.43. The molecule has 1 amide bonds. The fourth-order valence-electron chi connectivity index (χ4n) is 10.4. The van der Waals surface area contributed by atoms with Crippen molar-refractivity contribution in [2.24, 2.45) is 46.3 Å². The van der Waals surface area contributed by atoms with Crippen molar-refractivity contribution in [3.8, 4) is 0 Å². The predicted molar refractivity (Wildman–Crippen MR) is 138 cm³/mol. The first-order valence-corrected chi connectivity index (χ1v) is 14.9. The number of carbonyl (C=O) groups is 2. The second-order valence-electron chi connectivity index (χ2n) is 13.9. The molecule has 6 nitrogen and oxygen atoms in total. The molecule has 11 atom stereocenters. The van der Waals surface area contributed by atoms with Crippen LogP contribution < -0.4 is 0 Å². The molecule has 4 unspecified atom stereocenters. The predicted octanol–water partition coefficient (Wildman–Crippen LogP) is 4.86. The van der Waals surface area contributed by atoms with Gasteiger partial charge in [0, 0.05) is 13.0 Å². The highest BCUT2D eigenvalue weighted by molar-refractivity contribution is 5.83. The molecule has 5 rings (SSSR count). The SMILES string of the molecule is C[C@H](CCC(=O)N1CCCCC1C(=O)O)[C@H]1CCC2C3C(CC[C@@]21C)[C@@]1(C)CC[C@@H](O)C[C@H]1C[C@@H]3O. The molecular formula is C30H49NO5. The van der Waals surface area contributed by atoms with Crippen LogP contribution in [0.5, 0.6) is 0 Å². The van der Waals surface area contributed by atoms with Crippen LogP contribution in [0.3, 0.4) is 0 Å². The van der Waals surface area contributed by atoms with Gasteiger partial charge in [0.1, 0.15) is 6.04 Å². The summed E-state index contributed by atoms with van der Waals surface area (Å²) in [4.78, 5) is 26.3. The summed E-state index contributed by atoms with van der Waals surface area (Å²) in [6, 6.07) is -0.649. The average molecular weight is 504 g/mol. The van der Waals surface area contributed by atoms with E-state index in [4.69, 9.17) is 0 Å². The van der Waals surface area contributed by atoms with Gasteiger partial charge in [-0.2, -0.15) is 0 Å². The molecule has 36 heavy (non-hydrogen) atoms. The molecule has 4 saturated carbocycles. The fourth-order valence-corrected chi connectivity index (χ4v) is 10.4. The van der Waals surface area contributed by atoms with E-state index >= 15 is 0 Å². The van der Waals surface area contributed by atoms with E-state index in [1.54, 1.807) is 4.90 Å². The zero-order valence-electron chi connectivity index (χ0n) is 22.7. The number of aliphatic hydroxyl groups is 2. The Kier molecular flexibility index (Phi) is 7.26. The van der Waals surface area contributed by atoms with E-state index < -0.39 is 12.0 Å². The second-order valence-corrected chi connectivity index (χ2v) is 13.9. The second kappa shape index (κ2) is 9.87. The van der Waals surface area contributed by atoms with Crippen LogP contribution >= 0.6 is 0 Å². The molecule has 204 valence electrons. The lowest BCUT2D eigenvalue weighted by Gasteiger charge is -2.62. The maximum atomic E-state index is 13.0. The van der Waals surface area contributed by atoms with Crippen LogP contribution in [0, 0.1) is 46.3 Å². The molecule has 3 N–H and O–H groups in total. The molecule has 0 radical (unpaired) electrons. The summed E-state index contributed by atoms with van der Waals surface area (Å²) < 4.78 is 0. The molecule has 5 aliphatic rings. The smallest absolute Gasteiger partial charge is 0.326 e. The van der Waals surface area contributed by atoms with Gasteiger partial charge in [-0.1, -0.05) is 20.8 Å². The van der Waals surface area contributed by atoms with Gasteiger partial charge in [0.05, 0.1) is 12.2 Å². The van der Waals surface area contributed by atoms with Crippen LogP contribution in [0.2, 0.25) is 0 Å². The van der Waals surface area contributed by atoms with Crippen LogP contribution in [-0.4, -0.2) is 56.9 Å². The van der Waals surface area contributed by atoms with Crippen LogP contribution in [-0.2, 0) is 9.59 Å². The Bertz CT molecular complexity index is 847. The van der Waals surface area contributed by atoms with Crippen molar-refractivity contribution in [1.29, 1.82) is 0 Å². The van der Waals surface area contributed by atoms with Crippen molar-refractivity contribution < 1.29 is 24.9 Å². The van der Waals surface area contributed by atoms with Crippen molar-refractivity contribution in [3.05, 3.63) is 0 Å². The van der Waals surface area contributed by atoms with E-state index in [1.165, 1.54) is 25.7 Å². The molecule has 6 heteroatoms. The number of fused-ring (bicyclic) bond motifs is 5. The number of aliphatic carboxylic acids is 1. The number of carboxylic acids is 1. The van der Waals surface area contributed by atoms with Gasteiger partial charge in [0.2, 0.25) is 5.91 Å². The third-order valence-corrected chi connectivity index (χ3v) is 12.3. The molecule has 0 spiro atoms. The Hall–Kier alpha value is -1.14. The summed E-state index contributed by atoms with van der Waals surface area (Å²) in [5.74, 6) is 2.02. The highest BCUT2D eigenvalue weighted by Gasteiger charge is 2.62. The maximum absolute atomic E-state index is 13.0. The van der Waals surface area contributed by atoms with Crippen molar-refractivity contribution in [2.45, 2.75) is 122 Å². The monoisotopic (exact) mass is 503 g/mol. The summed E-state index contributed by atoms with van der Waals surface area (Å²) >= 11 is 0. The molecule has 1 heterocycles. The summed E-state index contributed by atoms with van der Waals surface area (Å²) in [6.45, 7) is 7.81. The Morgan fingerprint density at radius 1 is 0.944 bits per heavy atom. The lowest BCUT2D eigenvalue weighted by molar-refractivity contribution is -0.174. The van der Waals surface area contributed by atoms with E-state index in [-0.39, 0.29) is 28.9 Å². The Balaban J connectivity index is 1.25. The van der Waals surface area contributed by atoms with Crippen molar-refractivity contribution in [2.75, 3.05) is 6.54 Å². The molecule has 0 bridgehead atoms. The van der Waals surface area contributed by atoms with Crippen LogP contribution in [0.25, 0.3) is 0 Å². The van der Waals surface area contributed by atoms with Crippen molar-refractivity contribution >= 4 is 11.9 Å². The molecule has 4 aliphatic carbocycles. The zero-order chi connectivity index (χ0) is 25.8. The molecule has 0 aromatic heterocycles. The molecule has 1 aliphatic heterocycles. The standard InChI is InChI=1S/C30H49NO5/c1-18(7-10-26(34)31-15-5-4-6-24(31)28(35)36)21-8-9-22-27-23(12-14-30(21,22)3)29(2)13-11-20(32)16-19(29)17-25(27)33/h18-25,27,32-33H,4-17H2,1-3H3,(H,35,36)/t18-,19+,20-,21-,22?,23?,24?,25+,27?,29+,30-/m1/s1. The van der Waals surface area contributed by atoms with E-state index in [0.717, 1.165) is 44.9 Å². The highest BCUT2D eigenvalue weighted by atomic mass is 16.4. The van der Waals surface area contributed by atoms with E-state index in [0.29, 0.717) is 54.9 Å². The largest absolute Gasteiger partial charge is 0.480 e. The first-order chi connectivity index (χ1) is 17.1. The quantitative estimate of drug-likeness (QED) is 0.498. The molecule has 0 aromatic rings. The maximum Gasteiger partial charge on any atom is 0.326 e. The Morgan fingerprint density at radius 3 is 2.42 bits per heavy atom. The van der Waals surface area contributed by atoms with Crippen LogP contribution in [0.4, 0.5) is 0 Å². The highest BCUT2D eigenvalue weighted by Crippen LogP contribution is 2.68. The number of amides is 1. The number of hydrogen-bond donors (Lipinski definition) is 3. The summed E-state index contributed by atoms with van der Waals surface area (Å²) in [5.41, 5.74) is 0.451. The minimum Gasteiger partial charge on any atom is -0.480 e. The summed E-state index contributed by atoms with van der Waals surface area (Å²) in [6.07, 6.45) is 11.6. The third-order valence-electron chi connectivity index (χ3n) is 12.3. The van der Waals surface area contributed by atoms with Gasteiger partial charge < -0.3 is 20.2 Å². The van der Waals surface area contributed by atoms with Crippen molar-refractivity contribution in [3.63, 3.8) is 0 Å². The normalized spacial score (nSPS) is 47.4. The lowest BCUT2D eigenvalue weighted by Crippen LogP contribution is -2.58. The van der Waals surface area contributed by atoms with E-state index in [9.17, 15) is 24.9 Å². The van der Waals surface area contributed by atoms with Gasteiger partial charge in [0.15, 0.2) is 0 Å². The van der Waals surface area contributed by atoms with E-state index in [2.05, 4.69) is 20.8 Å². The van der Waals surface area contributed by atoms with Crippen LogP contribution in [0.1, 0.15) is 104 Å². The fraction of sp³-hybridized carbons (Fsp3) is 0.933. The Morgan fingerprint density at radius 2 is 1.67 bits per heavy atom. The summed E-state index contributed by atoms with van der Waals surface area (Å²) in [5, 5.41) is 31.3.